The highest BCUT2D eigenvalue weighted by molar-refractivity contribution is 4.61. The van der Waals surface area contributed by atoms with E-state index in [-0.39, 0.29) is 6.10 Å². The second-order valence-corrected chi connectivity index (χ2v) is 4.01. The summed E-state index contributed by atoms with van der Waals surface area (Å²) in [6.45, 7) is 9.20. The lowest BCUT2D eigenvalue weighted by molar-refractivity contribution is 0.00603. The SMILES string of the molecule is CC(C)CCC(CN)OC(C)C. The Bertz CT molecular complexity index is 102. The molecule has 74 valence electrons. The van der Waals surface area contributed by atoms with Gasteiger partial charge in [0.2, 0.25) is 0 Å². The van der Waals surface area contributed by atoms with Crippen LogP contribution in [0.3, 0.4) is 0 Å². The van der Waals surface area contributed by atoms with Crippen molar-refractivity contribution in [3.05, 3.63) is 0 Å². The molecule has 0 bridgehead atoms. The second-order valence-electron chi connectivity index (χ2n) is 4.01. The maximum atomic E-state index is 5.62. The summed E-state index contributed by atoms with van der Waals surface area (Å²) in [5.74, 6) is 0.745. The van der Waals surface area contributed by atoms with Crippen LogP contribution in [0.15, 0.2) is 0 Å². The molecule has 0 aliphatic rings. The Kier molecular flexibility index (Phi) is 6.39. The van der Waals surface area contributed by atoms with Crippen molar-refractivity contribution in [3.63, 3.8) is 0 Å². The molecule has 12 heavy (non-hydrogen) atoms. The highest BCUT2D eigenvalue weighted by atomic mass is 16.5. The van der Waals surface area contributed by atoms with E-state index in [4.69, 9.17) is 10.5 Å². The van der Waals surface area contributed by atoms with Crippen LogP contribution in [0.4, 0.5) is 0 Å². The van der Waals surface area contributed by atoms with Crippen LogP contribution in [0.25, 0.3) is 0 Å². The Morgan fingerprint density at radius 2 is 1.67 bits per heavy atom. The molecular formula is C10H23NO. The number of rotatable bonds is 6. The molecule has 1 atom stereocenters. The Morgan fingerprint density at radius 3 is 2.00 bits per heavy atom. The molecule has 0 aromatic carbocycles. The van der Waals surface area contributed by atoms with E-state index in [1.807, 2.05) is 0 Å². The summed E-state index contributed by atoms with van der Waals surface area (Å²) in [5, 5.41) is 0. The maximum absolute atomic E-state index is 5.62. The van der Waals surface area contributed by atoms with Crippen LogP contribution in [0, 0.1) is 5.92 Å². The highest BCUT2D eigenvalue weighted by Gasteiger charge is 2.09. The molecule has 0 aromatic rings. The van der Waals surface area contributed by atoms with Crippen LogP contribution in [0.5, 0.6) is 0 Å². The molecule has 0 fully saturated rings. The van der Waals surface area contributed by atoms with Crippen LogP contribution < -0.4 is 5.73 Å². The zero-order chi connectivity index (χ0) is 9.56. The van der Waals surface area contributed by atoms with Gasteiger partial charge in [0.05, 0.1) is 12.2 Å². The van der Waals surface area contributed by atoms with Gasteiger partial charge < -0.3 is 10.5 Å². The Hall–Kier alpha value is -0.0800. The van der Waals surface area contributed by atoms with E-state index in [1.165, 1.54) is 6.42 Å². The van der Waals surface area contributed by atoms with E-state index < -0.39 is 0 Å². The molecule has 0 radical (unpaired) electrons. The quantitative estimate of drug-likeness (QED) is 0.668. The fourth-order valence-electron chi connectivity index (χ4n) is 1.15. The minimum Gasteiger partial charge on any atom is -0.374 e. The summed E-state index contributed by atoms with van der Waals surface area (Å²) >= 11 is 0. The number of hydrogen-bond acceptors (Lipinski definition) is 2. The fraction of sp³-hybridized carbons (Fsp3) is 1.00. The van der Waals surface area contributed by atoms with E-state index in [9.17, 15) is 0 Å². The number of ether oxygens (including phenoxy) is 1. The first kappa shape index (κ1) is 11.9. The van der Waals surface area contributed by atoms with Crippen molar-refractivity contribution in [2.24, 2.45) is 11.7 Å². The predicted molar refractivity (Wildman–Crippen MR) is 53.1 cm³/mol. The van der Waals surface area contributed by atoms with Gasteiger partial charge in [-0.3, -0.25) is 0 Å². The molecule has 0 spiro atoms. The summed E-state index contributed by atoms with van der Waals surface area (Å²) in [4.78, 5) is 0. The van der Waals surface area contributed by atoms with Crippen molar-refractivity contribution < 1.29 is 4.74 Å². The van der Waals surface area contributed by atoms with Crippen LogP contribution in [-0.4, -0.2) is 18.8 Å². The molecule has 2 N–H and O–H groups in total. The van der Waals surface area contributed by atoms with Gasteiger partial charge in [-0.15, -0.1) is 0 Å². The largest absolute Gasteiger partial charge is 0.374 e. The number of nitrogens with two attached hydrogens (primary N) is 1. The molecule has 0 aromatic heterocycles. The van der Waals surface area contributed by atoms with E-state index >= 15 is 0 Å². The van der Waals surface area contributed by atoms with Crippen molar-refractivity contribution in [3.8, 4) is 0 Å². The third-order valence-corrected chi connectivity index (χ3v) is 1.79. The van der Waals surface area contributed by atoms with Gasteiger partial charge >= 0.3 is 0 Å². The van der Waals surface area contributed by atoms with Gasteiger partial charge in [-0.25, -0.2) is 0 Å². The summed E-state index contributed by atoms with van der Waals surface area (Å²) in [5.41, 5.74) is 5.58. The van der Waals surface area contributed by atoms with Gasteiger partial charge in [0.25, 0.3) is 0 Å². The third-order valence-electron chi connectivity index (χ3n) is 1.79. The van der Waals surface area contributed by atoms with Crippen molar-refractivity contribution >= 4 is 0 Å². The Balaban J connectivity index is 3.53. The molecule has 0 rings (SSSR count). The third kappa shape index (κ3) is 6.62. The summed E-state index contributed by atoms with van der Waals surface area (Å²) in [6.07, 6.45) is 2.85. The second kappa shape index (κ2) is 6.44. The summed E-state index contributed by atoms with van der Waals surface area (Å²) in [7, 11) is 0. The van der Waals surface area contributed by atoms with Crippen LogP contribution in [0.1, 0.15) is 40.5 Å². The molecule has 2 nitrogen and oxygen atoms in total. The molecule has 1 unspecified atom stereocenters. The van der Waals surface area contributed by atoms with Crippen LogP contribution >= 0.6 is 0 Å². The minimum atomic E-state index is 0.257. The predicted octanol–water partition coefficient (Wildman–Crippen LogP) is 2.17. The van der Waals surface area contributed by atoms with E-state index in [1.54, 1.807) is 0 Å². The summed E-state index contributed by atoms with van der Waals surface area (Å²) in [6, 6.07) is 0. The summed E-state index contributed by atoms with van der Waals surface area (Å²) < 4.78 is 5.62. The molecule has 0 amide bonds. The van der Waals surface area contributed by atoms with Crippen LogP contribution in [0.2, 0.25) is 0 Å². The smallest absolute Gasteiger partial charge is 0.0700 e. The zero-order valence-electron chi connectivity index (χ0n) is 8.84. The average Bonchev–Trinajstić information content (AvgIpc) is 1.97. The molecule has 0 saturated heterocycles. The van der Waals surface area contributed by atoms with Crippen LogP contribution in [-0.2, 0) is 4.74 Å². The molecular weight excluding hydrogens is 150 g/mol. The van der Waals surface area contributed by atoms with Gasteiger partial charge in [0, 0.05) is 6.54 Å². The minimum absolute atomic E-state index is 0.257. The molecule has 0 heterocycles. The maximum Gasteiger partial charge on any atom is 0.0700 e. The Labute approximate surface area is 76.5 Å². The normalized spacial score (nSPS) is 14.2. The highest BCUT2D eigenvalue weighted by Crippen LogP contribution is 2.10. The lowest BCUT2D eigenvalue weighted by atomic mass is 10.0. The first-order valence-corrected chi connectivity index (χ1v) is 4.91. The topological polar surface area (TPSA) is 35.2 Å². The van der Waals surface area contributed by atoms with Crippen molar-refractivity contribution in [1.82, 2.24) is 0 Å². The first-order chi connectivity index (χ1) is 5.56. The van der Waals surface area contributed by atoms with E-state index in [0.717, 1.165) is 12.3 Å². The lowest BCUT2D eigenvalue weighted by Gasteiger charge is -2.19. The van der Waals surface area contributed by atoms with Gasteiger partial charge in [0.15, 0.2) is 0 Å². The zero-order valence-corrected chi connectivity index (χ0v) is 8.84. The fourth-order valence-corrected chi connectivity index (χ4v) is 1.15. The average molecular weight is 173 g/mol. The number of hydrogen-bond donors (Lipinski definition) is 1. The van der Waals surface area contributed by atoms with Crippen molar-refractivity contribution in [2.45, 2.75) is 52.7 Å². The van der Waals surface area contributed by atoms with Crippen molar-refractivity contribution in [2.75, 3.05) is 6.54 Å². The van der Waals surface area contributed by atoms with E-state index in [0.29, 0.717) is 12.6 Å². The molecule has 0 saturated carbocycles. The molecule has 0 aliphatic heterocycles. The molecule has 0 aliphatic carbocycles. The van der Waals surface area contributed by atoms with Gasteiger partial charge in [0.1, 0.15) is 0 Å². The van der Waals surface area contributed by atoms with Gasteiger partial charge in [-0.1, -0.05) is 13.8 Å². The van der Waals surface area contributed by atoms with Gasteiger partial charge in [-0.2, -0.15) is 0 Å². The van der Waals surface area contributed by atoms with Crippen molar-refractivity contribution in [1.29, 1.82) is 0 Å². The standard InChI is InChI=1S/C10H23NO/c1-8(2)5-6-10(7-11)12-9(3)4/h8-10H,5-7,11H2,1-4H3. The lowest BCUT2D eigenvalue weighted by Crippen LogP contribution is -2.27. The van der Waals surface area contributed by atoms with Gasteiger partial charge in [-0.05, 0) is 32.6 Å². The van der Waals surface area contributed by atoms with E-state index in [2.05, 4.69) is 27.7 Å². The Morgan fingerprint density at radius 1 is 1.08 bits per heavy atom. The first-order valence-electron chi connectivity index (χ1n) is 4.91. The monoisotopic (exact) mass is 173 g/mol. The molecule has 2 heteroatoms.